The Kier molecular flexibility index (Phi) is 7.32. The van der Waals surface area contributed by atoms with Gasteiger partial charge in [-0.05, 0) is 80.3 Å². The lowest BCUT2D eigenvalue weighted by Crippen LogP contribution is -2.43. The second-order valence-electron chi connectivity index (χ2n) is 11.5. The molecule has 0 spiro atoms. The van der Waals surface area contributed by atoms with Crippen molar-refractivity contribution < 1.29 is 26.3 Å². The van der Waals surface area contributed by atoms with Crippen molar-refractivity contribution in [3.8, 4) is 0 Å². The zero-order valence-corrected chi connectivity index (χ0v) is 22.9. The number of aromatic nitrogens is 1. The van der Waals surface area contributed by atoms with Crippen LogP contribution in [-0.2, 0) is 25.4 Å². The zero-order chi connectivity index (χ0) is 29.6. The monoisotopic (exact) mass is 591 g/mol. The molecule has 2 aromatic carbocycles. The summed E-state index contributed by atoms with van der Waals surface area (Å²) < 4.78 is 81.7. The maximum absolute atomic E-state index is 13.6. The van der Waals surface area contributed by atoms with Gasteiger partial charge in [0.15, 0.2) is 0 Å². The Labute approximate surface area is 238 Å². The molecule has 0 saturated heterocycles. The normalized spacial score (nSPS) is 17.2. The Morgan fingerprint density at radius 3 is 2.02 bits per heavy atom. The van der Waals surface area contributed by atoms with E-state index in [1.54, 1.807) is 11.1 Å². The van der Waals surface area contributed by atoms with Gasteiger partial charge < -0.3 is 9.80 Å². The second-order valence-corrected chi connectivity index (χ2v) is 11.5. The summed E-state index contributed by atoms with van der Waals surface area (Å²) in [6.07, 6.45) is -3.45. The summed E-state index contributed by atoms with van der Waals surface area (Å²) in [5.74, 6) is 1.42. The number of pyridine rings is 1. The molecule has 2 heterocycles. The number of guanidine groups is 1. The number of alkyl halides is 6. The van der Waals surface area contributed by atoms with E-state index in [0.29, 0.717) is 11.8 Å². The predicted molar refractivity (Wildman–Crippen MR) is 147 cm³/mol. The number of benzene rings is 2. The van der Waals surface area contributed by atoms with Crippen molar-refractivity contribution in [3.05, 3.63) is 70.4 Å². The first-order chi connectivity index (χ1) is 19.9. The van der Waals surface area contributed by atoms with E-state index in [1.165, 1.54) is 25.7 Å². The van der Waals surface area contributed by atoms with Gasteiger partial charge in [-0.3, -0.25) is 10.4 Å². The molecule has 2 saturated carbocycles. The molecule has 2 fully saturated rings. The summed E-state index contributed by atoms with van der Waals surface area (Å²) in [6, 6.07) is 7.72. The lowest BCUT2D eigenvalue weighted by Gasteiger charge is -2.31. The van der Waals surface area contributed by atoms with Gasteiger partial charge in [0.25, 0.3) is 0 Å². The number of anilines is 1. The fourth-order valence-electron chi connectivity index (χ4n) is 5.39. The molecule has 3 aromatic rings. The number of halogens is 6. The largest absolute Gasteiger partial charge is 0.416 e. The van der Waals surface area contributed by atoms with Gasteiger partial charge in [0.2, 0.25) is 5.96 Å². The van der Waals surface area contributed by atoms with Crippen molar-refractivity contribution in [1.29, 1.82) is 0 Å². The van der Waals surface area contributed by atoms with Crippen LogP contribution in [0.1, 0.15) is 53.5 Å². The number of nitrogens with zero attached hydrogens (tertiary/aromatic N) is 4. The summed E-state index contributed by atoms with van der Waals surface area (Å²) in [6.45, 7) is 3.67. The Morgan fingerprint density at radius 1 is 0.833 bits per heavy atom. The molecule has 0 bridgehead atoms. The molecular formula is C29H31F6N7. The fraction of sp³-hybridized carbons (Fsp3) is 0.448. The second kappa shape index (κ2) is 10.8. The Balaban J connectivity index is 1.42. The number of hydrazine groups is 2. The van der Waals surface area contributed by atoms with Gasteiger partial charge in [0.05, 0.1) is 22.3 Å². The van der Waals surface area contributed by atoms with E-state index < -0.39 is 23.5 Å². The van der Waals surface area contributed by atoms with Crippen LogP contribution in [-0.4, -0.2) is 28.9 Å². The highest BCUT2D eigenvalue weighted by Gasteiger charge is 2.37. The summed E-state index contributed by atoms with van der Waals surface area (Å²) in [5, 5.41) is 5.11. The number of hydrazone groups is 1. The Morgan fingerprint density at radius 2 is 1.48 bits per heavy atom. The van der Waals surface area contributed by atoms with Crippen molar-refractivity contribution in [1.82, 2.24) is 26.4 Å². The van der Waals surface area contributed by atoms with Crippen LogP contribution in [0.15, 0.2) is 47.7 Å². The molecule has 0 amide bonds. The van der Waals surface area contributed by atoms with Crippen molar-refractivity contribution in [2.45, 2.75) is 58.0 Å². The lowest BCUT2D eigenvalue weighted by atomic mass is 10.0. The van der Waals surface area contributed by atoms with Crippen LogP contribution in [0.25, 0.3) is 10.9 Å². The van der Waals surface area contributed by atoms with Gasteiger partial charge in [-0.1, -0.05) is 11.6 Å². The molecule has 6 rings (SSSR count). The van der Waals surface area contributed by atoms with E-state index in [9.17, 15) is 26.3 Å². The minimum atomic E-state index is -4.94. The van der Waals surface area contributed by atoms with Crippen molar-refractivity contribution in [2.75, 3.05) is 18.0 Å². The molecule has 0 unspecified atom stereocenters. The first-order valence-corrected chi connectivity index (χ1v) is 13.9. The van der Waals surface area contributed by atoms with Gasteiger partial charge in [-0.15, -0.1) is 10.6 Å². The number of hydrogen-bond acceptors (Lipinski definition) is 7. The molecule has 0 atom stereocenters. The molecule has 1 aromatic heterocycles. The van der Waals surface area contributed by atoms with Gasteiger partial charge in [-0.25, -0.2) is 5.53 Å². The first kappa shape index (κ1) is 28.4. The molecule has 13 heteroatoms. The summed E-state index contributed by atoms with van der Waals surface area (Å²) in [7, 11) is 0. The third-order valence-corrected chi connectivity index (χ3v) is 7.81. The number of fused-ring (bicyclic) bond motifs is 1. The van der Waals surface area contributed by atoms with Gasteiger partial charge in [0, 0.05) is 43.3 Å². The van der Waals surface area contributed by atoms with E-state index in [1.807, 2.05) is 19.1 Å². The lowest BCUT2D eigenvalue weighted by molar-refractivity contribution is -0.143. The van der Waals surface area contributed by atoms with Crippen LogP contribution in [0.2, 0.25) is 0 Å². The third kappa shape index (κ3) is 6.50. The third-order valence-electron chi connectivity index (χ3n) is 7.81. The molecule has 3 aliphatic rings. The van der Waals surface area contributed by atoms with Gasteiger partial charge >= 0.3 is 12.4 Å². The van der Waals surface area contributed by atoms with Crippen molar-refractivity contribution in [3.63, 3.8) is 0 Å². The maximum atomic E-state index is 13.6. The van der Waals surface area contributed by atoms with E-state index >= 15 is 0 Å². The minimum absolute atomic E-state index is 0.142. The quantitative estimate of drug-likeness (QED) is 0.262. The Bertz CT molecular complexity index is 1450. The summed E-state index contributed by atoms with van der Waals surface area (Å²) >= 11 is 0. The standard InChI is InChI=1S/C29H31F6N7/c1-17-2-7-25-24(8-17)26(41(13-18-3-4-18)14-19-5-6-19)21(12-36-25)16-42(27-37-39-40-38-27)15-20-9-22(28(30,31)32)11-23(10-20)29(33,34)35/h2,7-12,18-19,39-40H,3-6,13-16H2,1H3,(H,37,38). The average Bonchev–Trinajstić information content (AvgIpc) is 3.86. The molecule has 0 radical (unpaired) electrons. The van der Waals surface area contributed by atoms with Crippen LogP contribution in [0.4, 0.5) is 32.0 Å². The maximum Gasteiger partial charge on any atom is 0.416 e. The molecule has 2 aliphatic carbocycles. The molecule has 7 nitrogen and oxygen atoms in total. The first-order valence-electron chi connectivity index (χ1n) is 13.9. The Hall–Kier alpha value is -3.74. The highest BCUT2D eigenvalue weighted by atomic mass is 19.4. The smallest absolute Gasteiger partial charge is 0.370 e. The topological polar surface area (TPSA) is 67.8 Å². The fourth-order valence-corrected chi connectivity index (χ4v) is 5.39. The highest BCUT2D eigenvalue weighted by Crippen LogP contribution is 2.40. The van der Waals surface area contributed by atoms with E-state index in [4.69, 9.17) is 4.98 Å². The number of hydrogen-bond donors (Lipinski definition) is 3. The van der Waals surface area contributed by atoms with Crippen LogP contribution in [0, 0.1) is 18.8 Å². The predicted octanol–water partition coefficient (Wildman–Crippen LogP) is 6.09. The minimum Gasteiger partial charge on any atom is -0.370 e. The van der Waals surface area contributed by atoms with E-state index in [-0.39, 0.29) is 30.7 Å². The molecule has 1 aliphatic heterocycles. The molecule has 3 N–H and O–H groups in total. The van der Waals surface area contributed by atoms with Gasteiger partial charge in [-0.2, -0.15) is 26.3 Å². The van der Waals surface area contributed by atoms with Crippen LogP contribution in [0.3, 0.4) is 0 Å². The molecule has 42 heavy (non-hydrogen) atoms. The number of rotatable bonds is 9. The highest BCUT2D eigenvalue weighted by molar-refractivity contribution is 5.94. The van der Waals surface area contributed by atoms with Crippen molar-refractivity contribution in [2.24, 2.45) is 16.9 Å². The number of aryl methyl sites for hydroxylation is 1. The molecular weight excluding hydrogens is 560 g/mol. The summed E-state index contributed by atoms with van der Waals surface area (Å²) in [5.41, 5.74) is 8.81. The summed E-state index contributed by atoms with van der Waals surface area (Å²) in [4.78, 5) is 8.72. The van der Waals surface area contributed by atoms with Crippen molar-refractivity contribution >= 4 is 22.5 Å². The van der Waals surface area contributed by atoms with Gasteiger partial charge in [0.1, 0.15) is 0 Å². The molecule has 224 valence electrons. The zero-order valence-electron chi connectivity index (χ0n) is 22.9. The van der Waals surface area contributed by atoms with Crippen LogP contribution < -0.4 is 21.4 Å². The van der Waals surface area contributed by atoms with E-state index in [2.05, 4.69) is 32.6 Å². The number of nitrogens with one attached hydrogen (secondary N) is 3. The van der Waals surface area contributed by atoms with Crippen LogP contribution >= 0.6 is 0 Å². The SMILES string of the molecule is Cc1ccc2ncc(CN(Cc3cc(C(F)(F)F)cc(C(F)(F)F)c3)C3=NNNN3)c(N(CC3CC3)CC3CC3)c2c1. The van der Waals surface area contributed by atoms with Crippen LogP contribution in [0.5, 0.6) is 0 Å². The van der Waals surface area contributed by atoms with E-state index in [0.717, 1.165) is 52.9 Å². The average molecular weight is 592 g/mol.